The third kappa shape index (κ3) is 6.91. The van der Waals surface area contributed by atoms with Crippen LogP contribution in [0.2, 0.25) is 0 Å². The Kier molecular flexibility index (Phi) is 7.90. The van der Waals surface area contributed by atoms with Crippen LogP contribution in [-0.4, -0.2) is 59.7 Å². The van der Waals surface area contributed by atoms with Crippen LogP contribution in [0.15, 0.2) is 11.8 Å². The Morgan fingerprint density at radius 3 is 2.33 bits per heavy atom. The van der Waals surface area contributed by atoms with Crippen molar-refractivity contribution in [3.8, 4) is 0 Å². The predicted molar refractivity (Wildman–Crippen MR) is 75.3 cm³/mol. The summed E-state index contributed by atoms with van der Waals surface area (Å²) in [6, 6.07) is 0. The lowest BCUT2D eigenvalue weighted by Crippen LogP contribution is -2.33. The fourth-order valence-electron chi connectivity index (χ4n) is 1.86. The van der Waals surface area contributed by atoms with E-state index in [1.807, 2.05) is 0 Å². The molecule has 0 aromatic heterocycles. The van der Waals surface area contributed by atoms with Crippen LogP contribution in [0.4, 0.5) is 17.6 Å². The monoisotopic (exact) mass is 380 g/mol. The van der Waals surface area contributed by atoms with Crippen molar-refractivity contribution < 1.29 is 44.4 Å². The Labute approximate surface area is 137 Å². The zero-order valence-electron chi connectivity index (χ0n) is 13.1. The highest BCUT2D eigenvalue weighted by atomic mass is 32.2. The SMILES string of the molecule is COCCOCCOCC1(F)CC=C(OS(=O)(=O)C(F)(F)F)CC1. The van der Waals surface area contributed by atoms with Crippen LogP contribution in [0, 0.1) is 0 Å². The van der Waals surface area contributed by atoms with Gasteiger partial charge in [0.1, 0.15) is 11.4 Å². The average molecular weight is 380 g/mol. The van der Waals surface area contributed by atoms with Crippen LogP contribution in [0.5, 0.6) is 0 Å². The Morgan fingerprint density at radius 2 is 1.79 bits per heavy atom. The van der Waals surface area contributed by atoms with E-state index in [1.54, 1.807) is 0 Å². The molecule has 1 unspecified atom stereocenters. The molecule has 0 spiro atoms. The molecule has 0 saturated heterocycles. The van der Waals surface area contributed by atoms with Crippen molar-refractivity contribution in [3.05, 3.63) is 11.8 Å². The highest BCUT2D eigenvalue weighted by Gasteiger charge is 2.49. The molecule has 0 radical (unpaired) electrons. The molecular formula is C13H20F4O6S. The van der Waals surface area contributed by atoms with Crippen molar-refractivity contribution in [2.75, 3.05) is 40.1 Å². The molecule has 1 aliphatic rings. The Balaban J connectivity index is 2.36. The van der Waals surface area contributed by atoms with Gasteiger partial charge in [-0.15, -0.1) is 0 Å². The minimum absolute atomic E-state index is 0.158. The van der Waals surface area contributed by atoms with Gasteiger partial charge in [-0.3, -0.25) is 0 Å². The summed E-state index contributed by atoms with van der Waals surface area (Å²) in [6.45, 7) is 0.966. The summed E-state index contributed by atoms with van der Waals surface area (Å²) >= 11 is 0. The van der Waals surface area contributed by atoms with Gasteiger partial charge in [-0.25, -0.2) is 4.39 Å². The van der Waals surface area contributed by atoms with E-state index in [0.29, 0.717) is 13.2 Å². The standard InChI is InChI=1S/C13H20F4O6S/c1-20-6-7-21-8-9-22-10-12(14)4-2-11(3-5-12)23-24(18,19)13(15,16)17/h2H,3-10H2,1H3. The van der Waals surface area contributed by atoms with Crippen molar-refractivity contribution >= 4 is 10.1 Å². The molecule has 0 saturated carbocycles. The maximum atomic E-state index is 14.4. The average Bonchev–Trinajstić information content (AvgIpc) is 2.48. The van der Waals surface area contributed by atoms with Crippen LogP contribution in [-0.2, 0) is 28.5 Å². The second-order valence-corrected chi connectivity index (χ2v) is 6.70. The third-order valence-corrected chi connectivity index (χ3v) is 4.18. The van der Waals surface area contributed by atoms with Crippen molar-refractivity contribution in [1.29, 1.82) is 0 Å². The number of hydrogen-bond donors (Lipinski definition) is 0. The maximum absolute atomic E-state index is 14.4. The van der Waals surface area contributed by atoms with Gasteiger partial charge in [-0.2, -0.15) is 21.6 Å². The molecular weight excluding hydrogens is 360 g/mol. The van der Waals surface area contributed by atoms with Gasteiger partial charge in [0.15, 0.2) is 0 Å². The first-order chi connectivity index (χ1) is 11.1. The molecule has 0 N–H and O–H groups in total. The molecule has 11 heteroatoms. The highest BCUT2D eigenvalue weighted by Crippen LogP contribution is 2.35. The van der Waals surface area contributed by atoms with E-state index in [0.717, 1.165) is 6.08 Å². The first-order valence-electron chi connectivity index (χ1n) is 7.13. The van der Waals surface area contributed by atoms with Gasteiger partial charge >= 0.3 is 15.6 Å². The maximum Gasteiger partial charge on any atom is 0.534 e. The quantitative estimate of drug-likeness (QED) is 0.251. The second-order valence-electron chi connectivity index (χ2n) is 5.17. The number of allylic oxidation sites excluding steroid dienone is 2. The summed E-state index contributed by atoms with van der Waals surface area (Å²) in [5.41, 5.74) is -7.29. The Hall–Kier alpha value is -0.910. The van der Waals surface area contributed by atoms with E-state index < -0.39 is 27.1 Å². The zero-order valence-corrected chi connectivity index (χ0v) is 13.9. The highest BCUT2D eigenvalue weighted by molar-refractivity contribution is 7.87. The largest absolute Gasteiger partial charge is 0.534 e. The van der Waals surface area contributed by atoms with Crippen molar-refractivity contribution in [1.82, 2.24) is 0 Å². The number of ether oxygens (including phenoxy) is 3. The first-order valence-corrected chi connectivity index (χ1v) is 8.54. The van der Waals surface area contributed by atoms with Gasteiger partial charge in [0.05, 0.1) is 33.0 Å². The molecule has 0 aromatic rings. The fourth-order valence-corrected chi connectivity index (χ4v) is 2.39. The Bertz CT molecular complexity index is 519. The molecule has 1 atom stereocenters. The van der Waals surface area contributed by atoms with E-state index in [2.05, 4.69) is 4.18 Å². The Morgan fingerprint density at radius 1 is 1.17 bits per heavy atom. The van der Waals surface area contributed by atoms with E-state index in [-0.39, 0.29) is 39.1 Å². The number of methoxy groups -OCH3 is 1. The normalized spacial score (nSPS) is 22.3. The molecule has 6 nitrogen and oxygen atoms in total. The fraction of sp³-hybridized carbons (Fsp3) is 0.846. The van der Waals surface area contributed by atoms with E-state index in [9.17, 15) is 26.0 Å². The summed E-state index contributed by atoms with van der Waals surface area (Å²) in [6.07, 6.45) is 0.252. The molecule has 1 aliphatic carbocycles. The molecule has 0 aromatic carbocycles. The third-order valence-electron chi connectivity index (χ3n) is 3.18. The van der Waals surface area contributed by atoms with Crippen molar-refractivity contribution in [2.24, 2.45) is 0 Å². The van der Waals surface area contributed by atoms with Gasteiger partial charge in [0, 0.05) is 20.0 Å². The summed E-state index contributed by atoms with van der Waals surface area (Å²) in [5, 5.41) is 0. The molecule has 1 rings (SSSR count). The summed E-state index contributed by atoms with van der Waals surface area (Å²) in [5.74, 6) is -0.413. The summed E-state index contributed by atoms with van der Waals surface area (Å²) < 4.78 is 91.8. The lowest BCUT2D eigenvalue weighted by molar-refractivity contribution is -0.0530. The topological polar surface area (TPSA) is 71.1 Å². The number of halogens is 4. The van der Waals surface area contributed by atoms with E-state index in [4.69, 9.17) is 14.2 Å². The number of alkyl halides is 4. The molecule has 0 fully saturated rings. The van der Waals surface area contributed by atoms with Gasteiger partial charge in [-0.05, 0) is 12.5 Å². The molecule has 0 bridgehead atoms. The minimum atomic E-state index is -5.72. The molecule has 24 heavy (non-hydrogen) atoms. The number of hydrogen-bond acceptors (Lipinski definition) is 6. The van der Waals surface area contributed by atoms with Crippen LogP contribution >= 0.6 is 0 Å². The lowest BCUT2D eigenvalue weighted by Gasteiger charge is -2.28. The van der Waals surface area contributed by atoms with Gasteiger partial charge in [-0.1, -0.05) is 0 Å². The summed E-state index contributed by atoms with van der Waals surface area (Å²) in [4.78, 5) is 0. The van der Waals surface area contributed by atoms with Gasteiger partial charge < -0.3 is 18.4 Å². The molecule has 0 aliphatic heterocycles. The van der Waals surface area contributed by atoms with Crippen LogP contribution < -0.4 is 0 Å². The van der Waals surface area contributed by atoms with Crippen molar-refractivity contribution in [2.45, 2.75) is 30.4 Å². The number of rotatable bonds is 10. The summed E-state index contributed by atoms with van der Waals surface area (Å²) in [7, 11) is -4.19. The molecule has 142 valence electrons. The smallest absolute Gasteiger partial charge is 0.382 e. The molecule has 0 amide bonds. The lowest BCUT2D eigenvalue weighted by atomic mass is 9.91. The van der Waals surface area contributed by atoms with Crippen molar-refractivity contribution in [3.63, 3.8) is 0 Å². The second kappa shape index (κ2) is 8.97. The van der Waals surface area contributed by atoms with E-state index >= 15 is 0 Å². The van der Waals surface area contributed by atoms with Crippen LogP contribution in [0.1, 0.15) is 19.3 Å². The van der Waals surface area contributed by atoms with Gasteiger partial charge in [0.25, 0.3) is 0 Å². The first kappa shape index (κ1) is 21.1. The van der Waals surface area contributed by atoms with Gasteiger partial charge in [0.2, 0.25) is 0 Å². The predicted octanol–water partition coefficient (Wildman–Crippen LogP) is 2.31. The minimum Gasteiger partial charge on any atom is -0.382 e. The van der Waals surface area contributed by atoms with Crippen LogP contribution in [0.3, 0.4) is 0 Å². The van der Waals surface area contributed by atoms with Crippen LogP contribution in [0.25, 0.3) is 0 Å². The van der Waals surface area contributed by atoms with E-state index in [1.165, 1.54) is 7.11 Å². The molecule has 0 heterocycles. The zero-order chi connectivity index (χ0) is 18.3.